The van der Waals surface area contributed by atoms with Gasteiger partial charge in [0.25, 0.3) is 0 Å². The second-order valence-electron chi connectivity index (χ2n) is 12.0. The quantitative estimate of drug-likeness (QED) is 0.207. The van der Waals surface area contributed by atoms with E-state index in [4.69, 9.17) is 0 Å². The molecule has 1 nitrogen and oxygen atoms in total. The fraction of sp³-hybridized carbons (Fsp3) is 0.0698. The van der Waals surface area contributed by atoms with Gasteiger partial charge in [0.1, 0.15) is 0 Å². The molecule has 6 aromatic carbocycles. The summed E-state index contributed by atoms with van der Waals surface area (Å²) in [6.45, 7) is 0. The molecular formula is C43H31N. The Labute approximate surface area is 259 Å². The highest BCUT2D eigenvalue weighted by Gasteiger charge is 2.52. The molecule has 0 amide bonds. The highest BCUT2D eigenvalue weighted by molar-refractivity contribution is 5.97. The van der Waals surface area contributed by atoms with Crippen LogP contribution < -0.4 is 4.90 Å². The van der Waals surface area contributed by atoms with E-state index in [1.807, 2.05) is 0 Å². The smallest absolute Gasteiger partial charge is 0.0722 e. The van der Waals surface area contributed by atoms with Crippen molar-refractivity contribution < 1.29 is 0 Å². The zero-order chi connectivity index (χ0) is 29.1. The van der Waals surface area contributed by atoms with Gasteiger partial charge in [0.15, 0.2) is 0 Å². The Hall–Kier alpha value is -5.40. The van der Waals surface area contributed by atoms with Gasteiger partial charge in [0, 0.05) is 17.1 Å². The number of hydrogen-bond donors (Lipinski definition) is 0. The molecule has 0 aromatic heterocycles. The SMILES string of the molecule is C1=CC2=C(CC1)c1ccc(N(c3ccccc3)c3ccc(-c4ccccc4)cc3)cc1C21c2ccccc2-c2ccccc21. The molecule has 0 saturated carbocycles. The molecule has 0 atom stereocenters. The average Bonchev–Trinajstić information content (AvgIpc) is 3.57. The lowest BCUT2D eigenvalue weighted by atomic mass is 9.69. The number of nitrogens with zero attached hydrogens (tertiary/aromatic N) is 1. The Morgan fingerprint density at radius 1 is 0.455 bits per heavy atom. The normalized spacial score (nSPS) is 15.1. The molecule has 1 heteroatoms. The molecule has 44 heavy (non-hydrogen) atoms. The minimum Gasteiger partial charge on any atom is -0.310 e. The van der Waals surface area contributed by atoms with E-state index in [0.29, 0.717) is 0 Å². The van der Waals surface area contributed by atoms with Crippen LogP contribution in [0, 0.1) is 0 Å². The molecule has 0 fully saturated rings. The van der Waals surface area contributed by atoms with Crippen molar-refractivity contribution in [1.82, 2.24) is 0 Å². The molecule has 0 unspecified atom stereocenters. The number of rotatable bonds is 4. The summed E-state index contributed by atoms with van der Waals surface area (Å²) in [6, 6.07) is 55.7. The van der Waals surface area contributed by atoms with Gasteiger partial charge in [-0.2, -0.15) is 0 Å². The molecule has 0 saturated heterocycles. The molecule has 0 N–H and O–H groups in total. The average molecular weight is 562 g/mol. The number of hydrogen-bond acceptors (Lipinski definition) is 1. The Morgan fingerprint density at radius 3 is 1.73 bits per heavy atom. The minimum atomic E-state index is -0.315. The third kappa shape index (κ3) is 3.53. The number of anilines is 3. The Bertz CT molecular complexity index is 2050. The molecule has 1 spiro atoms. The summed E-state index contributed by atoms with van der Waals surface area (Å²) < 4.78 is 0. The largest absolute Gasteiger partial charge is 0.310 e. The predicted molar refractivity (Wildman–Crippen MR) is 184 cm³/mol. The maximum absolute atomic E-state index is 2.48. The van der Waals surface area contributed by atoms with Crippen molar-refractivity contribution in [2.45, 2.75) is 18.3 Å². The van der Waals surface area contributed by atoms with Crippen LogP contribution in [0.3, 0.4) is 0 Å². The van der Waals surface area contributed by atoms with Crippen LogP contribution in [0.2, 0.25) is 0 Å². The maximum Gasteiger partial charge on any atom is 0.0722 e. The van der Waals surface area contributed by atoms with Gasteiger partial charge >= 0.3 is 0 Å². The van der Waals surface area contributed by atoms with E-state index in [1.54, 1.807) is 0 Å². The molecular weight excluding hydrogens is 530 g/mol. The van der Waals surface area contributed by atoms with Gasteiger partial charge in [0.05, 0.1) is 5.41 Å². The maximum atomic E-state index is 2.48. The second kappa shape index (κ2) is 9.82. The Kier molecular flexibility index (Phi) is 5.61. The van der Waals surface area contributed by atoms with Crippen LogP contribution in [0.25, 0.3) is 27.8 Å². The van der Waals surface area contributed by atoms with Crippen molar-refractivity contribution in [2.75, 3.05) is 4.90 Å². The summed E-state index contributed by atoms with van der Waals surface area (Å²) >= 11 is 0. The zero-order valence-corrected chi connectivity index (χ0v) is 24.4. The number of fused-ring (bicyclic) bond motifs is 9. The summed E-state index contributed by atoms with van der Waals surface area (Å²) in [5.41, 5.74) is 16.8. The van der Waals surface area contributed by atoms with Crippen molar-refractivity contribution in [3.8, 4) is 22.3 Å². The molecule has 0 heterocycles. The predicted octanol–water partition coefficient (Wildman–Crippen LogP) is 11.3. The first-order chi connectivity index (χ1) is 21.8. The highest BCUT2D eigenvalue weighted by atomic mass is 15.1. The van der Waals surface area contributed by atoms with E-state index in [9.17, 15) is 0 Å². The monoisotopic (exact) mass is 561 g/mol. The molecule has 0 radical (unpaired) electrons. The summed E-state index contributed by atoms with van der Waals surface area (Å²) in [6.07, 6.45) is 6.97. The Morgan fingerprint density at radius 2 is 1.02 bits per heavy atom. The van der Waals surface area contributed by atoms with E-state index in [1.165, 1.54) is 61.3 Å². The van der Waals surface area contributed by atoms with Gasteiger partial charge in [0.2, 0.25) is 0 Å². The lowest BCUT2D eigenvalue weighted by Crippen LogP contribution is -2.27. The first kappa shape index (κ1) is 25.1. The van der Waals surface area contributed by atoms with E-state index < -0.39 is 0 Å². The molecule has 3 aliphatic carbocycles. The van der Waals surface area contributed by atoms with E-state index in [-0.39, 0.29) is 5.41 Å². The van der Waals surface area contributed by atoms with Gasteiger partial charge in [-0.05, 0) is 105 Å². The van der Waals surface area contributed by atoms with Crippen LogP contribution in [-0.2, 0) is 5.41 Å². The number of para-hydroxylation sites is 1. The molecule has 0 bridgehead atoms. The van der Waals surface area contributed by atoms with Crippen LogP contribution in [-0.4, -0.2) is 0 Å². The van der Waals surface area contributed by atoms with Gasteiger partial charge in [-0.15, -0.1) is 0 Å². The van der Waals surface area contributed by atoms with Gasteiger partial charge in [-0.25, -0.2) is 0 Å². The van der Waals surface area contributed by atoms with Crippen LogP contribution in [0.1, 0.15) is 35.1 Å². The summed E-state index contributed by atoms with van der Waals surface area (Å²) in [7, 11) is 0. The van der Waals surface area contributed by atoms with Crippen LogP contribution in [0.4, 0.5) is 17.1 Å². The first-order valence-electron chi connectivity index (χ1n) is 15.6. The summed E-state index contributed by atoms with van der Waals surface area (Å²) in [4.78, 5) is 2.41. The van der Waals surface area contributed by atoms with Crippen molar-refractivity contribution in [2.24, 2.45) is 0 Å². The lowest BCUT2D eigenvalue weighted by molar-refractivity contribution is 0.780. The van der Waals surface area contributed by atoms with Gasteiger partial charge < -0.3 is 4.90 Å². The van der Waals surface area contributed by atoms with Crippen molar-refractivity contribution in [1.29, 1.82) is 0 Å². The van der Waals surface area contributed by atoms with Gasteiger partial charge in [-0.1, -0.05) is 127 Å². The molecule has 0 aliphatic heterocycles. The van der Waals surface area contributed by atoms with Crippen LogP contribution in [0.5, 0.6) is 0 Å². The third-order valence-corrected chi connectivity index (χ3v) is 9.76. The molecule has 208 valence electrons. The van der Waals surface area contributed by atoms with Gasteiger partial charge in [-0.3, -0.25) is 0 Å². The highest BCUT2D eigenvalue weighted by Crippen LogP contribution is 2.63. The summed E-state index contributed by atoms with van der Waals surface area (Å²) in [5, 5.41) is 0. The zero-order valence-electron chi connectivity index (χ0n) is 24.4. The molecule has 9 rings (SSSR count). The van der Waals surface area contributed by atoms with Crippen LogP contribution in [0.15, 0.2) is 169 Å². The number of allylic oxidation sites excluding steroid dienone is 4. The van der Waals surface area contributed by atoms with E-state index in [2.05, 4.69) is 169 Å². The third-order valence-electron chi connectivity index (χ3n) is 9.76. The number of benzene rings is 6. The van der Waals surface area contributed by atoms with Crippen molar-refractivity contribution in [3.63, 3.8) is 0 Å². The standard InChI is InChI=1S/C43H31N/c1-3-13-30(14-4-1)31-23-25-33(26-24-31)44(32-15-5-2-6-16-32)34-27-28-38-37-19-9-12-22-41(37)43(42(38)29-34)39-20-10-7-17-35(39)36-18-8-11-21-40(36)43/h1-8,10-18,20-29H,9,19H2. The van der Waals surface area contributed by atoms with Crippen LogP contribution >= 0.6 is 0 Å². The van der Waals surface area contributed by atoms with E-state index >= 15 is 0 Å². The molecule has 3 aliphatic rings. The van der Waals surface area contributed by atoms with Crippen molar-refractivity contribution >= 4 is 22.6 Å². The Balaban J connectivity index is 1.27. The molecule has 6 aromatic rings. The second-order valence-corrected chi connectivity index (χ2v) is 12.0. The summed E-state index contributed by atoms with van der Waals surface area (Å²) in [5.74, 6) is 0. The van der Waals surface area contributed by atoms with Crippen molar-refractivity contribution in [3.05, 3.63) is 192 Å². The first-order valence-corrected chi connectivity index (χ1v) is 15.6. The van der Waals surface area contributed by atoms with E-state index in [0.717, 1.165) is 24.2 Å². The minimum absolute atomic E-state index is 0.315. The fourth-order valence-corrected chi connectivity index (χ4v) is 7.96. The topological polar surface area (TPSA) is 3.24 Å². The lowest BCUT2D eigenvalue weighted by Gasteiger charge is -2.33. The fourth-order valence-electron chi connectivity index (χ4n) is 7.96.